The summed E-state index contributed by atoms with van der Waals surface area (Å²) >= 11 is 0. The van der Waals surface area contributed by atoms with Crippen molar-refractivity contribution in [2.75, 3.05) is 0 Å². The molecular formula is C22H30O4S. The Morgan fingerprint density at radius 1 is 0.815 bits per heavy atom. The van der Waals surface area contributed by atoms with E-state index in [-0.39, 0.29) is 10.6 Å². The first-order chi connectivity index (χ1) is 13.0. The molecule has 1 N–H and O–H groups in total. The van der Waals surface area contributed by atoms with Gasteiger partial charge in [-0.05, 0) is 42.7 Å². The molecule has 0 spiro atoms. The van der Waals surface area contributed by atoms with Crippen LogP contribution >= 0.6 is 0 Å². The minimum atomic E-state index is -4.31. The van der Waals surface area contributed by atoms with Crippen LogP contribution in [0.25, 0.3) is 0 Å². The lowest BCUT2D eigenvalue weighted by Gasteiger charge is -2.10. The molecule has 4 nitrogen and oxygen atoms in total. The minimum Gasteiger partial charge on any atom is -0.456 e. The second kappa shape index (κ2) is 11.1. The fraction of sp³-hybridized carbons (Fsp3) is 0.455. The van der Waals surface area contributed by atoms with Crippen LogP contribution in [0.15, 0.2) is 53.4 Å². The molecule has 0 heterocycles. The summed E-state index contributed by atoms with van der Waals surface area (Å²) in [7, 11) is -4.31. The van der Waals surface area contributed by atoms with Crippen molar-refractivity contribution in [2.24, 2.45) is 0 Å². The van der Waals surface area contributed by atoms with Gasteiger partial charge in [0.25, 0.3) is 10.1 Å². The fourth-order valence-electron chi connectivity index (χ4n) is 3.06. The highest BCUT2D eigenvalue weighted by Gasteiger charge is 2.16. The molecule has 0 aromatic heterocycles. The van der Waals surface area contributed by atoms with Crippen LogP contribution in [-0.2, 0) is 16.5 Å². The molecule has 5 heteroatoms. The lowest BCUT2D eigenvalue weighted by Crippen LogP contribution is -2.00. The molecule has 0 fully saturated rings. The minimum absolute atomic E-state index is 0.121. The summed E-state index contributed by atoms with van der Waals surface area (Å²) < 4.78 is 37.8. The van der Waals surface area contributed by atoms with Crippen LogP contribution in [0.2, 0.25) is 0 Å². The number of unbranched alkanes of at least 4 members (excludes halogenated alkanes) is 7. The van der Waals surface area contributed by atoms with Crippen LogP contribution in [0.5, 0.6) is 11.5 Å². The Hall–Kier alpha value is -1.85. The van der Waals surface area contributed by atoms with Crippen molar-refractivity contribution in [1.82, 2.24) is 0 Å². The van der Waals surface area contributed by atoms with E-state index in [1.165, 1.54) is 69.1 Å². The van der Waals surface area contributed by atoms with Crippen LogP contribution in [-0.4, -0.2) is 13.0 Å². The molecule has 148 valence electrons. The predicted octanol–water partition coefficient (Wildman–Crippen LogP) is 6.41. The molecule has 2 aromatic rings. The number of benzene rings is 2. The van der Waals surface area contributed by atoms with Crippen LogP contribution in [0, 0.1) is 0 Å². The highest BCUT2D eigenvalue weighted by molar-refractivity contribution is 7.86. The summed E-state index contributed by atoms with van der Waals surface area (Å²) in [6, 6.07) is 13.7. The third kappa shape index (κ3) is 7.73. The van der Waals surface area contributed by atoms with Crippen molar-refractivity contribution in [3.05, 3.63) is 54.1 Å². The number of aryl methyl sites for hydroxylation is 1. The van der Waals surface area contributed by atoms with Crippen molar-refractivity contribution in [2.45, 2.75) is 69.6 Å². The van der Waals surface area contributed by atoms with E-state index in [0.29, 0.717) is 5.75 Å². The summed E-state index contributed by atoms with van der Waals surface area (Å²) in [5.74, 6) is 0.668. The summed E-state index contributed by atoms with van der Waals surface area (Å²) in [6.07, 6.45) is 11.5. The molecule has 0 aliphatic rings. The molecule has 0 saturated carbocycles. The largest absolute Gasteiger partial charge is 0.456 e. The van der Waals surface area contributed by atoms with Crippen LogP contribution in [0.1, 0.15) is 63.9 Å². The average Bonchev–Trinajstić information content (AvgIpc) is 2.65. The maximum atomic E-state index is 11.4. The summed E-state index contributed by atoms with van der Waals surface area (Å²) in [6.45, 7) is 2.24. The normalized spacial score (nSPS) is 11.5. The Morgan fingerprint density at radius 2 is 1.41 bits per heavy atom. The van der Waals surface area contributed by atoms with Gasteiger partial charge in [0.15, 0.2) is 0 Å². The molecule has 0 radical (unpaired) electrons. The molecule has 2 rings (SSSR count). The highest BCUT2D eigenvalue weighted by atomic mass is 32.2. The quantitative estimate of drug-likeness (QED) is 0.336. The number of para-hydroxylation sites is 1. The second-order valence-electron chi connectivity index (χ2n) is 6.89. The van der Waals surface area contributed by atoms with E-state index in [2.05, 4.69) is 6.92 Å². The lowest BCUT2D eigenvalue weighted by atomic mass is 10.0. The Labute approximate surface area is 163 Å². The Bertz CT molecular complexity index is 782. The Morgan fingerprint density at radius 3 is 2.04 bits per heavy atom. The van der Waals surface area contributed by atoms with Gasteiger partial charge in [0.1, 0.15) is 16.4 Å². The van der Waals surface area contributed by atoms with Gasteiger partial charge in [0, 0.05) is 0 Å². The van der Waals surface area contributed by atoms with Gasteiger partial charge in [-0.2, -0.15) is 8.42 Å². The van der Waals surface area contributed by atoms with Crippen molar-refractivity contribution in [3.63, 3.8) is 0 Å². The summed E-state index contributed by atoms with van der Waals surface area (Å²) in [5, 5.41) is 0. The molecule has 27 heavy (non-hydrogen) atoms. The van der Waals surface area contributed by atoms with Gasteiger partial charge in [0.05, 0.1) is 0 Å². The number of hydrogen-bond acceptors (Lipinski definition) is 3. The van der Waals surface area contributed by atoms with E-state index in [9.17, 15) is 13.0 Å². The van der Waals surface area contributed by atoms with Gasteiger partial charge in [-0.3, -0.25) is 4.55 Å². The Balaban J connectivity index is 1.79. The molecule has 2 aromatic carbocycles. The lowest BCUT2D eigenvalue weighted by molar-refractivity contribution is 0.450. The van der Waals surface area contributed by atoms with Gasteiger partial charge in [0.2, 0.25) is 0 Å². The van der Waals surface area contributed by atoms with E-state index in [1.54, 1.807) is 12.1 Å². The summed E-state index contributed by atoms with van der Waals surface area (Å²) in [4.78, 5) is -0.229. The van der Waals surface area contributed by atoms with Gasteiger partial charge in [-0.15, -0.1) is 0 Å². The SMILES string of the molecule is CCCCCCCCCCc1ccc(Oc2ccccc2S(=O)(=O)O)cc1. The topological polar surface area (TPSA) is 63.6 Å². The maximum absolute atomic E-state index is 11.4. The standard InChI is InChI=1S/C22H30O4S/c1-2-3-4-5-6-7-8-9-12-19-15-17-20(18-16-19)26-21-13-10-11-14-22(21)27(23,24)25/h10-11,13-18H,2-9,12H2,1H3,(H,23,24,25). The van der Waals surface area contributed by atoms with Crippen LogP contribution < -0.4 is 4.74 Å². The average molecular weight is 391 g/mol. The molecule has 0 aliphatic carbocycles. The third-order valence-electron chi connectivity index (χ3n) is 4.60. The fourth-order valence-corrected chi connectivity index (χ4v) is 3.68. The smallest absolute Gasteiger partial charge is 0.298 e. The molecule has 0 amide bonds. The first-order valence-corrected chi connectivity index (χ1v) is 11.3. The first-order valence-electron chi connectivity index (χ1n) is 9.84. The van der Waals surface area contributed by atoms with Gasteiger partial charge in [-0.25, -0.2) is 0 Å². The van der Waals surface area contributed by atoms with Crippen LogP contribution in [0.3, 0.4) is 0 Å². The molecule has 0 atom stereocenters. The van der Waals surface area contributed by atoms with Gasteiger partial charge < -0.3 is 4.74 Å². The first kappa shape index (κ1) is 21.5. The second-order valence-corrected chi connectivity index (χ2v) is 8.28. The van der Waals surface area contributed by atoms with E-state index < -0.39 is 10.1 Å². The van der Waals surface area contributed by atoms with E-state index >= 15 is 0 Å². The zero-order valence-corrected chi connectivity index (χ0v) is 16.9. The van der Waals surface area contributed by atoms with Gasteiger partial charge >= 0.3 is 0 Å². The number of rotatable bonds is 12. The van der Waals surface area contributed by atoms with E-state index in [0.717, 1.165) is 6.42 Å². The van der Waals surface area contributed by atoms with Crippen molar-refractivity contribution >= 4 is 10.1 Å². The van der Waals surface area contributed by atoms with E-state index in [4.69, 9.17) is 4.74 Å². The van der Waals surface area contributed by atoms with Crippen LogP contribution in [0.4, 0.5) is 0 Å². The third-order valence-corrected chi connectivity index (χ3v) is 5.49. The van der Waals surface area contributed by atoms with Crippen molar-refractivity contribution in [1.29, 1.82) is 0 Å². The van der Waals surface area contributed by atoms with Gasteiger partial charge in [-0.1, -0.05) is 76.1 Å². The van der Waals surface area contributed by atoms with Crippen molar-refractivity contribution < 1.29 is 17.7 Å². The monoisotopic (exact) mass is 390 g/mol. The summed E-state index contributed by atoms with van der Waals surface area (Å²) in [5.41, 5.74) is 1.25. The maximum Gasteiger partial charge on any atom is 0.298 e. The van der Waals surface area contributed by atoms with E-state index in [1.807, 2.05) is 24.3 Å². The molecule has 0 aliphatic heterocycles. The molecule has 0 unspecified atom stereocenters. The molecule has 0 bridgehead atoms. The number of hydrogen-bond donors (Lipinski definition) is 1. The Kier molecular flexibility index (Phi) is 8.82. The zero-order valence-electron chi connectivity index (χ0n) is 16.1. The number of ether oxygens (including phenoxy) is 1. The molecule has 0 saturated heterocycles. The predicted molar refractivity (Wildman–Crippen MR) is 109 cm³/mol. The van der Waals surface area contributed by atoms with Crippen molar-refractivity contribution in [3.8, 4) is 11.5 Å². The zero-order chi connectivity index (χ0) is 19.5. The highest BCUT2D eigenvalue weighted by Crippen LogP contribution is 2.28. The molecular weight excluding hydrogens is 360 g/mol.